The number of hydrogen-bond acceptors (Lipinski definition) is 4. The Hall–Kier alpha value is -1.61. The molecule has 4 nitrogen and oxygen atoms in total. The van der Waals surface area contributed by atoms with Gasteiger partial charge in [0, 0.05) is 12.4 Å². The second-order valence-electron chi connectivity index (χ2n) is 4.33. The number of ether oxygens (including phenoxy) is 3. The molecule has 0 amide bonds. The van der Waals surface area contributed by atoms with Crippen LogP contribution in [0.4, 0.5) is 0 Å². The van der Waals surface area contributed by atoms with Gasteiger partial charge in [0.05, 0.1) is 13.7 Å². The van der Waals surface area contributed by atoms with Crippen LogP contribution < -0.4 is 20.1 Å². The first-order valence-electron chi connectivity index (χ1n) is 6.54. The van der Waals surface area contributed by atoms with Crippen LogP contribution in [0.1, 0.15) is 5.56 Å². The lowest BCUT2D eigenvalue weighted by molar-refractivity contribution is 0.0500. The molecule has 0 aliphatic heterocycles. The molecule has 21 heavy (non-hydrogen) atoms. The number of para-hydroxylation sites is 1. The van der Waals surface area contributed by atoms with Crippen LogP contribution in [0.15, 0.2) is 42.5 Å². The molecule has 2 aromatic carbocycles. The Morgan fingerprint density at radius 2 is 1.76 bits per heavy atom. The number of aliphatic hydroxyl groups excluding tert-OH is 1. The fraction of sp³-hybridized carbons (Fsp3) is 0.250. The van der Waals surface area contributed by atoms with E-state index in [1.165, 1.54) is 0 Å². The first-order valence-corrected chi connectivity index (χ1v) is 7.54. The Kier molecular flexibility index (Phi) is 6.00. The van der Waals surface area contributed by atoms with Gasteiger partial charge in [0.2, 0.25) is 0 Å². The molecule has 0 heterocycles. The fourth-order valence-corrected chi connectivity index (χ4v) is 3.25. The smallest absolute Gasteiger partial charge is 0.188 e. The number of benzene rings is 2. The Morgan fingerprint density at radius 1 is 1.00 bits per heavy atom. The highest BCUT2D eigenvalue weighted by Crippen LogP contribution is 2.30. The van der Waals surface area contributed by atoms with Gasteiger partial charge < -0.3 is 19.3 Å². The third kappa shape index (κ3) is 3.94. The molecule has 5 heteroatoms. The summed E-state index contributed by atoms with van der Waals surface area (Å²) in [6.07, 6.45) is 0. The molecule has 0 aliphatic carbocycles. The molecule has 1 unspecified atom stereocenters. The van der Waals surface area contributed by atoms with Crippen molar-refractivity contribution in [3.63, 3.8) is 0 Å². The summed E-state index contributed by atoms with van der Waals surface area (Å²) in [6.45, 7) is 0.195. The quantitative estimate of drug-likeness (QED) is 0.626. The van der Waals surface area contributed by atoms with Crippen molar-refractivity contribution in [3.8, 4) is 11.5 Å². The van der Waals surface area contributed by atoms with E-state index in [2.05, 4.69) is 0 Å². The molecule has 0 aliphatic rings. The largest absolute Gasteiger partial charge is 0.493 e. The lowest BCUT2D eigenvalue weighted by Gasteiger charge is -2.15. The van der Waals surface area contributed by atoms with Crippen molar-refractivity contribution in [3.05, 3.63) is 48.0 Å². The van der Waals surface area contributed by atoms with Crippen LogP contribution in [0.2, 0.25) is 0 Å². The summed E-state index contributed by atoms with van der Waals surface area (Å²) in [6, 6.07) is 13.6. The van der Waals surface area contributed by atoms with Gasteiger partial charge in [0.15, 0.2) is 18.3 Å². The standard InChI is InChI=1S/C16H19O4P/c1-18-11-20-16-13(19-2)7-5-9-15(16)21-14-8-4-3-6-12(14)10-17/h3-9,17,21H,10-11H2,1-2H3. The van der Waals surface area contributed by atoms with Crippen molar-refractivity contribution in [1.29, 1.82) is 0 Å². The van der Waals surface area contributed by atoms with E-state index >= 15 is 0 Å². The monoisotopic (exact) mass is 306 g/mol. The maximum atomic E-state index is 9.44. The minimum atomic E-state index is 0.0292. The Labute approximate surface area is 126 Å². The average Bonchev–Trinajstić information content (AvgIpc) is 2.54. The zero-order chi connectivity index (χ0) is 15.1. The van der Waals surface area contributed by atoms with Crippen molar-refractivity contribution >= 4 is 19.2 Å². The highest BCUT2D eigenvalue weighted by molar-refractivity contribution is 7.55. The second-order valence-corrected chi connectivity index (χ2v) is 5.66. The van der Waals surface area contributed by atoms with Crippen LogP contribution in [0.3, 0.4) is 0 Å². The number of methoxy groups -OCH3 is 2. The van der Waals surface area contributed by atoms with Crippen LogP contribution in [0, 0.1) is 0 Å². The summed E-state index contributed by atoms with van der Waals surface area (Å²) in [5.41, 5.74) is 0.927. The van der Waals surface area contributed by atoms with Gasteiger partial charge in [-0.25, -0.2) is 0 Å². The van der Waals surface area contributed by atoms with Gasteiger partial charge in [-0.1, -0.05) is 45.0 Å². The summed E-state index contributed by atoms with van der Waals surface area (Å²) in [5, 5.41) is 11.6. The number of hydrogen-bond donors (Lipinski definition) is 1. The topological polar surface area (TPSA) is 47.9 Å². The van der Waals surface area contributed by atoms with Crippen molar-refractivity contribution in [2.24, 2.45) is 0 Å². The van der Waals surface area contributed by atoms with E-state index in [9.17, 15) is 5.11 Å². The summed E-state index contributed by atoms with van der Waals surface area (Å²) < 4.78 is 16.0. The SMILES string of the molecule is COCOc1c(OC)cccc1Pc1ccccc1CO. The minimum Gasteiger partial charge on any atom is -0.493 e. The van der Waals surface area contributed by atoms with Gasteiger partial charge in [-0.2, -0.15) is 0 Å². The van der Waals surface area contributed by atoms with E-state index in [4.69, 9.17) is 14.2 Å². The van der Waals surface area contributed by atoms with E-state index in [1.54, 1.807) is 14.2 Å². The van der Waals surface area contributed by atoms with Gasteiger partial charge in [-0.05, 0) is 16.9 Å². The highest BCUT2D eigenvalue weighted by atomic mass is 31.1. The van der Waals surface area contributed by atoms with Crippen LogP contribution in [-0.2, 0) is 11.3 Å². The molecule has 2 rings (SSSR count). The normalized spacial score (nSPS) is 11.0. The van der Waals surface area contributed by atoms with Gasteiger partial charge >= 0.3 is 0 Å². The first-order chi connectivity index (χ1) is 10.3. The molecule has 0 radical (unpaired) electrons. The Morgan fingerprint density at radius 3 is 2.48 bits per heavy atom. The zero-order valence-corrected chi connectivity index (χ0v) is 13.1. The molecule has 0 saturated heterocycles. The van der Waals surface area contributed by atoms with Gasteiger partial charge in [0.25, 0.3) is 0 Å². The molecule has 0 saturated carbocycles. The molecule has 0 aromatic heterocycles. The molecular formula is C16H19O4P. The molecule has 1 N–H and O–H groups in total. The minimum absolute atomic E-state index is 0.0292. The summed E-state index contributed by atoms with van der Waals surface area (Å²) in [5.74, 6) is 1.37. The van der Waals surface area contributed by atoms with Gasteiger partial charge in [0.1, 0.15) is 0 Å². The molecule has 0 bridgehead atoms. The third-order valence-electron chi connectivity index (χ3n) is 2.98. The van der Waals surface area contributed by atoms with Crippen LogP contribution >= 0.6 is 8.58 Å². The lowest BCUT2D eigenvalue weighted by Crippen LogP contribution is -2.13. The molecule has 1 atom stereocenters. The van der Waals surface area contributed by atoms with Crippen LogP contribution in [0.5, 0.6) is 11.5 Å². The van der Waals surface area contributed by atoms with Crippen molar-refractivity contribution in [1.82, 2.24) is 0 Å². The Balaban J connectivity index is 2.34. The third-order valence-corrected chi connectivity index (χ3v) is 4.40. The Bertz CT molecular complexity index is 586. The molecule has 2 aromatic rings. The van der Waals surface area contributed by atoms with Crippen molar-refractivity contribution in [2.75, 3.05) is 21.0 Å². The maximum absolute atomic E-state index is 9.44. The second kappa shape index (κ2) is 7.99. The van der Waals surface area contributed by atoms with E-state index in [0.29, 0.717) is 20.1 Å². The van der Waals surface area contributed by atoms with Crippen molar-refractivity contribution in [2.45, 2.75) is 6.61 Å². The predicted molar refractivity (Wildman–Crippen MR) is 85.4 cm³/mol. The number of aliphatic hydroxyl groups is 1. The van der Waals surface area contributed by atoms with Crippen LogP contribution in [0.25, 0.3) is 0 Å². The molecule has 112 valence electrons. The maximum Gasteiger partial charge on any atom is 0.188 e. The van der Waals surface area contributed by atoms with E-state index in [-0.39, 0.29) is 13.4 Å². The summed E-state index contributed by atoms with van der Waals surface area (Å²) >= 11 is 0. The van der Waals surface area contributed by atoms with E-state index in [1.807, 2.05) is 42.5 Å². The summed E-state index contributed by atoms with van der Waals surface area (Å²) in [7, 11) is 3.57. The van der Waals surface area contributed by atoms with Crippen molar-refractivity contribution < 1.29 is 19.3 Å². The first kappa shape index (κ1) is 15.8. The lowest BCUT2D eigenvalue weighted by atomic mass is 10.2. The fourth-order valence-electron chi connectivity index (χ4n) is 1.97. The summed E-state index contributed by atoms with van der Waals surface area (Å²) in [4.78, 5) is 0. The van der Waals surface area contributed by atoms with E-state index < -0.39 is 0 Å². The average molecular weight is 306 g/mol. The van der Waals surface area contributed by atoms with Gasteiger partial charge in [-0.15, -0.1) is 0 Å². The molecule has 0 fully saturated rings. The predicted octanol–water partition coefficient (Wildman–Crippen LogP) is 1.80. The molecular weight excluding hydrogens is 287 g/mol. The van der Waals surface area contributed by atoms with E-state index in [0.717, 1.165) is 16.2 Å². The highest BCUT2D eigenvalue weighted by Gasteiger charge is 2.12. The molecule has 0 spiro atoms. The zero-order valence-electron chi connectivity index (χ0n) is 12.1. The van der Waals surface area contributed by atoms with Crippen LogP contribution in [-0.4, -0.2) is 26.1 Å². The number of rotatable bonds is 7. The van der Waals surface area contributed by atoms with Gasteiger partial charge in [-0.3, -0.25) is 0 Å².